The number of hydrogen-bond donors (Lipinski definition) is 0. The number of thiazole rings is 1. The van der Waals surface area contributed by atoms with Crippen molar-refractivity contribution in [1.82, 2.24) is 14.0 Å². The lowest BCUT2D eigenvalue weighted by atomic mass is 10.2. The maximum absolute atomic E-state index is 12.9. The third-order valence-corrected chi connectivity index (χ3v) is 5.53. The zero-order valence-corrected chi connectivity index (χ0v) is 15.3. The van der Waals surface area contributed by atoms with Crippen LogP contribution in [0.3, 0.4) is 0 Å². The second kappa shape index (κ2) is 6.13. The first kappa shape index (κ1) is 16.1. The van der Waals surface area contributed by atoms with Gasteiger partial charge in [0.1, 0.15) is 0 Å². The fourth-order valence-corrected chi connectivity index (χ4v) is 4.23. The SMILES string of the molecule is COCCn1c(C)cc(/C=c2\sc3nc4ccccc4n3c2=O)c1C. The summed E-state index contributed by atoms with van der Waals surface area (Å²) in [5.41, 5.74) is 5.10. The molecule has 0 spiro atoms. The highest BCUT2D eigenvalue weighted by Crippen LogP contribution is 2.18. The van der Waals surface area contributed by atoms with Gasteiger partial charge < -0.3 is 9.30 Å². The van der Waals surface area contributed by atoms with Gasteiger partial charge in [-0.25, -0.2) is 9.38 Å². The van der Waals surface area contributed by atoms with Crippen LogP contribution in [0.2, 0.25) is 0 Å². The Bertz CT molecular complexity index is 1180. The fourth-order valence-electron chi connectivity index (χ4n) is 3.25. The number of aryl methyl sites for hydroxylation is 1. The van der Waals surface area contributed by atoms with Crippen molar-refractivity contribution in [2.24, 2.45) is 0 Å². The number of methoxy groups -OCH3 is 1. The van der Waals surface area contributed by atoms with E-state index in [-0.39, 0.29) is 5.56 Å². The lowest BCUT2D eigenvalue weighted by Gasteiger charge is -2.08. The van der Waals surface area contributed by atoms with Crippen molar-refractivity contribution < 1.29 is 4.74 Å². The highest BCUT2D eigenvalue weighted by atomic mass is 32.1. The Morgan fingerprint density at radius 1 is 1.28 bits per heavy atom. The Labute approximate surface area is 148 Å². The van der Waals surface area contributed by atoms with E-state index in [1.165, 1.54) is 17.0 Å². The predicted molar refractivity (Wildman–Crippen MR) is 101 cm³/mol. The second-order valence-corrected chi connectivity index (χ2v) is 7.11. The highest BCUT2D eigenvalue weighted by molar-refractivity contribution is 7.15. The van der Waals surface area contributed by atoms with E-state index in [1.54, 1.807) is 11.5 Å². The first-order chi connectivity index (χ1) is 12.1. The zero-order valence-electron chi connectivity index (χ0n) is 14.4. The van der Waals surface area contributed by atoms with Crippen molar-refractivity contribution in [1.29, 1.82) is 0 Å². The minimum absolute atomic E-state index is 0.00426. The van der Waals surface area contributed by atoms with Crippen molar-refractivity contribution in [3.63, 3.8) is 0 Å². The van der Waals surface area contributed by atoms with Gasteiger partial charge in [0.2, 0.25) is 0 Å². The molecule has 0 bridgehead atoms. The van der Waals surface area contributed by atoms with Gasteiger partial charge in [0.25, 0.3) is 5.56 Å². The van der Waals surface area contributed by atoms with Gasteiger partial charge in [0, 0.05) is 25.0 Å². The lowest BCUT2D eigenvalue weighted by molar-refractivity contribution is 0.186. The summed E-state index contributed by atoms with van der Waals surface area (Å²) in [6, 6.07) is 9.85. The minimum atomic E-state index is -0.00426. The molecular weight excluding hydrogens is 334 g/mol. The molecule has 0 saturated heterocycles. The van der Waals surface area contributed by atoms with E-state index in [2.05, 4.69) is 29.5 Å². The molecule has 0 radical (unpaired) electrons. The first-order valence-corrected chi connectivity index (χ1v) is 8.99. The molecule has 0 atom stereocenters. The van der Waals surface area contributed by atoms with Gasteiger partial charge in [-0.3, -0.25) is 4.79 Å². The summed E-state index contributed by atoms with van der Waals surface area (Å²) in [7, 11) is 1.71. The molecular formula is C19H19N3O2S. The standard InChI is InChI=1S/C19H19N3O2S/c1-12-10-14(13(2)21(12)8-9-24-3)11-17-18(23)22-16-7-5-4-6-15(16)20-19(22)25-17/h4-7,10-11H,8-9H2,1-3H3/b17-11-. The van der Waals surface area contributed by atoms with E-state index in [9.17, 15) is 4.79 Å². The average molecular weight is 353 g/mol. The first-order valence-electron chi connectivity index (χ1n) is 8.17. The van der Waals surface area contributed by atoms with Crippen LogP contribution in [0.5, 0.6) is 0 Å². The Hall–Kier alpha value is -2.44. The van der Waals surface area contributed by atoms with Gasteiger partial charge in [-0.15, -0.1) is 0 Å². The van der Waals surface area contributed by atoms with E-state index in [0.717, 1.165) is 33.8 Å². The monoisotopic (exact) mass is 353 g/mol. The third kappa shape index (κ3) is 2.58. The summed E-state index contributed by atoms with van der Waals surface area (Å²) in [6.45, 7) is 5.63. The van der Waals surface area contributed by atoms with Crippen molar-refractivity contribution >= 4 is 33.4 Å². The summed E-state index contributed by atoms with van der Waals surface area (Å²) in [6.07, 6.45) is 1.97. The summed E-state index contributed by atoms with van der Waals surface area (Å²) in [5.74, 6) is 0. The van der Waals surface area contributed by atoms with Crippen molar-refractivity contribution in [3.8, 4) is 0 Å². The number of hydrogen-bond acceptors (Lipinski definition) is 4. The molecule has 1 aromatic carbocycles. The molecule has 25 heavy (non-hydrogen) atoms. The lowest BCUT2D eigenvalue weighted by Crippen LogP contribution is -2.22. The number of benzene rings is 1. The van der Waals surface area contributed by atoms with Gasteiger partial charge in [0.15, 0.2) is 4.96 Å². The molecule has 4 rings (SSSR count). The number of imidazole rings is 1. The second-order valence-electron chi connectivity index (χ2n) is 6.11. The molecule has 6 heteroatoms. The Kier molecular flexibility index (Phi) is 3.94. The molecule has 0 saturated carbocycles. The van der Waals surface area contributed by atoms with Crippen LogP contribution in [0.4, 0.5) is 0 Å². The normalized spacial score (nSPS) is 12.7. The molecule has 4 aromatic rings. The quantitative estimate of drug-likeness (QED) is 0.566. The maximum Gasteiger partial charge on any atom is 0.274 e. The van der Waals surface area contributed by atoms with Gasteiger partial charge in [-0.2, -0.15) is 0 Å². The molecule has 128 valence electrons. The van der Waals surface area contributed by atoms with Crippen molar-refractivity contribution in [2.75, 3.05) is 13.7 Å². The van der Waals surface area contributed by atoms with Crippen LogP contribution in [-0.4, -0.2) is 27.7 Å². The van der Waals surface area contributed by atoms with Crippen LogP contribution < -0.4 is 10.1 Å². The summed E-state index contributed by atoms with van der Waals surface area (Å²) >= 11 is 1.44. The van der Waals surface area contributed by atoms with Gasteiger partial charge in [0.05, 0.1) is 22.2 Å². The van der Waals surface area contributed by atoms with Crippen LogP contribution in [0, 0.1) is 13.8 Å². The van der Waals surface area contributed by atoms with Crippen LogP contribution in [0.1, 0.15) is 17.0 Å². The summed E-state index contributed by atoms with van der Waals surface area (Å²) < 4.78 is 9.81. The number of rotatable bonds is 4. The highest BCUT2D eigenvalue weighted by Gasteiger charge is 2.12. The van der Waals surface area contributed by atoms with Gasteiger partial charge in [-0.05, 0) is 43.7 Å². The maximum atomic E-state index is 12.9. The topological polar surface area (TPSA) is 48.5 Å². The molecule has 0 aliphatic heterocycles. The largest absolute Gasteiger partial charge is 0.383 e. The molecule has 0 unspecified atom stereocenters. The van der Waals surface area contributed by atoms with Gasteiger partial charge >= 0.3 is 0 Å². The molecule has 0 aliphatic carbocycles. The smallest absolute Gasteiger partial charge is 0.274 e. The van der Waals surface area contributed by atoms with Crippen LogP contribution >= 0.6 is 11.3 Å². The van der Waals surface area contributed by atoms with Crippen molar-refractivity contribution in [3.05, 3.63) is 62.2 Å². The zero-order chi connectivity index (χ0) is 17.6. The fraction of sp³-hybridized carbons (Fsp3) is 0.263. The third-order valence-electron chi connectivity index (χ3n) is 4.56. The molecule has 3 aromatic heterocycles. The summed E-state index contributed by atoms with van der Waals surface area (Å²) in [4.78, 5) is 18.2. The Balaban J connectivity index is 1.87. The van der Waals surface area contributed by atoms with E-state index >= 15 is 0 Å². The van der Waals surface area contributed by atoms with E-state index < -0.39 is 0 Å². The van der Waals surface area contributed by atoms with Crippen LogP contribution in [0.15, 0.2) is 35.1 Å². The number of para-hydroxylation sites is 2. The summed E-state index contributed by atoms with van der Waals surface area (Å²) in [5, 5.41) is 0. The van der Waals surface area contributed by atoms with E-state index in [0.29, 0.717) is 11.1 Å². The Morgan fingerprint density at radius 2 is 2.08 bits per heavy atom. The minimum Gasteiger partial charge on any atom is -0.383 e. The molecule has 0 aliphatic rings. The van der Waals surface area contributed by atoms with E-state index in [1.807, 2.05) is 30.3 Å². The van der Waals surface area contributed by atoms with Gasteiger partial charge in [-0.1, -0.05) is 23.5 Å². The number of aromatic nitrogens is 3. The number of ether oxygens (including phenoxy) is 1. The molecule has 0 fully saturated rings. The molecule has 3 heterocycles. The Morgan fingerprint density at radius 3 is 2.88 bits per heavy atom. The van der Waals surface area contributed by atoms with Crippen molar-refractivity contribution in [2.45, 2.75) is 20.4 Å². The predicted octanol–water partition coefficient (Wildman–Crippen LogP) is 2.52. The molecule has 0 amide bonds. The molecule has 0 N–H and O–H groups in total. The average Bonchev–Trinajstić information content (AvgIpc) is 3.19. The number of nitrogens with zero attached hydrogens (tertiary/aromatic N) is 3. The van der Waals surface area contributed by atoms with E-state index in [4.69, 9.17) is 4.74 Å². The number of fused-ring (bicyclic) bond motifs is 3. The molecule has 5 nitrogen and oxygen atoms in total. The van der Waals surface area contributed by atoms with Crippen LogP contribution in [-0.2, 0) is 11.3 Å². The van der Waals surface area contributed by atoms with Crippen LogP contribution in [0.25, 0.3) is 22.1 Å².